The number of esters is 1. The van der Waals surface area contributed by atoms with Gasteiger partial charge in [0.2, 0.25) is 0 Å². The summed E-state index contributed by atoms with van der Waals surface area (Å²) in [5, 5.41) is 9.97. The minimum Gasteiger partial charge on any atom is -0.469 e. The van der Waals surface area contributed by atoms with E-state index in [1.54, 1.807) is 0 Å². The van der Waals surface area contributed by atoms with Crippen LogP contribution in [0.5, 0.6) is 0 Å². The van der Waals surface area contributed by atoms with Crippen molar-refractivity contribution in [1.29, 1.82) is 0 Å². The quantitative estimate of drug-likeness (QED) is 0.322. The fourth-order valence-electron chi connectivity index (χ4n) is 3.38. The van der Waals surface area contributed by atoms with Crippen LogP contribution >= 0.6 is 0 Å². The highest BCUT2D eigenvalue weighted by Gasteiger charge is 2.32. The van der Waals surface area contributed by atoms with Gasteiger partial charge in [-0.25, -0.2) is 0 Å². The van der Waals surface area contributed by atoms with E-state index in [-0.39, 0.29) is 17.8 Å². The summed E-state index contributed by atoms with van der Waals surface area (Å²) < 4.78 is 4.63. The van der Waals surface area contributed by atoms with E-state index in [0.717, 1.165) is 44.9 Å². The maximum absolute atomic E-state index is 12.1. The van der Waals surface area contributed by atoms with Crippen molar-refractivity contribution in [2.45, 2.75) is 77.2 Å². The average molecular weight is 350 g/mol. The van der Waals surface area contributed by atoms with Gasteiger partial charge in [0.1, 0.15) is 5.78 Å². The van der Waals surface area contributed by atoms with E-state index >= 15 is 0 Å². The van der Waals surface area contributed by atoms with Gasteiger partial charge in [-0.3, -0.25) is 9.59 Å². The maximum atomic E-state index is 12.1. The van der Waals surface area contributed by atoms with Crippen LogP contribution in [-0.4, -0.2) is 30.1 Å². The van der Waals surface area contributed by atoms with Gasteiger partial charge in [-0.05, 0) is 38.0 Å². The molecule has 0 aromatic rings. The fraction of sp³-hybridized carbons (Fsp3) is 0.714. The molecule has 4 nitrogen and oxygen atoms in total. The number of methoxy groups -OCH3 is 1. The molecule has 0 bridgehead atoms. The Labute approximate surface area is 152 Å². The van der Waals surface area contributed by atoms with Crippen LogP contribution in [-0.2, 0) is 14.3 Å². The highest BCUT2D eigenvalue weighted by Crippen LogP contribution is 2.34. The molecule has 25 heavy (non-hydrogen) atoms. The molecule has 1 N–H and O–H groups in total. The van der Waals surface area contributed by atoms with Crippen molar-refractivity contribution < 1.29 is 19.4 Å². The van der Waals surface area contributed by atoms with Crippen LogP contribution in [0.4, 0.5) is 0 Å². The normalized spacial score (nSPS) is 22.1. The molecular weight excluding hydrogens is 316 g/mol. The minimum atomic E-state index is -0.461. The zero-order valence-corrected chi connectivity index (χ0v) is 15.8. The van der Waals surface area contributed by atoms with Crippen molar-refractivity contribution in [2.24, 2.45) is 11.8 Å². The number of ketones is 1. The molecule has 0 spiro atoms. The lowest BCUT2D eigenvalue weighted by atomic mass is 9.89. The number of rotatable bonds is 12. The van der Waals surface area contributed by atoms with Crippen molar-refractivity contribution in [3.63, 3.8) is 0 Å². The molecule has 1 rings (SSSR count). The number of ether oxygens (including phenoxy) is 1. The second-order valence-corrected chi connectivity index (χ2v) is 6.87. The van der Waals surface area contributed by atoms with Gasteiger partial charge in [0.25, 0.3) is 0 Å². The molecule has 142 valence electrons. The molecule has 0 aromatic heterocycles. The number of aliphatic hydroxyl groups is 1. The second kappa shape index (κ2) is 12.9. The van der Waals surface area contributed by atoms with Gasteiger partial charge < -0.3 is 9.84 Å². The third-order valence-corrected chi connectivity index (χ3v) is 4.89. The molecule has 3 atom stereocenters. The Morgan fingerprint density at radius 2 is 2.04 bits per heavy atom. The Balaban J connectivity index is 2.30. The predicted octanol–water partition coefficient (Wildman–Crippen LogP) is 4.37. The van der Waals surface area contributed by atoms with E-state index < -0.39 is 6.10 Å². The standard InChI is InChI=1S/C21H34O4/c1-3-4-7-10-18(22)15-13-17-14-16-20(23)19(17)11-8-5-6-9-12-21(24)25-2/h4,7,13,15,17-19,22H,3,5-6,8-12,14,16H2,1-2H3/b7-4-,15-13+/t17-,18?,19+/m0/s1. The largest absolute Gasteiger partial charge is 0.469 e. The van der Waals surface area contributed by atoms with Gasteiger partial charge in [0.15, 0.2) is 0 Å². The highest BCUT2D eigenvalue weighted by atomic mass is 16.5. The number of carbonyl (C=O) groups is 2. The lowest BCUT2D eigenvalue weighted by Gasteiger charge is -2.15. The molecule has 1 aliphatic carbocycles. The second-order valence-electron chi connectivity index (χ2n) is 6.87. The molecule has 0 amide bonds. The van der Waals surface area contributed by atoms with E-state index in [0.29, 0.717) is 25.0 Å². The van der Waals surface area contributed by atoms with Crippen molar-refractivity contribution in [1.82, 2.24) is 0 Å². The smallest absolute Gasteiger partial charge is 0.305 e. The van der Waals surface area contributed by atoms with E-state index in [9.17, 15) is 14.7 Å². The van der Waals surface area contributed by atoms with E-state index in [2.05, 4.69) is 23.8 Å². The number of hydrogen-bond acceptors (Lipinski definition) is 4. The molecule has 0 aromatic carbocycles. The van der Waals surface area contributed by atoms with Gasteiger partial charge >= 0.3 is 5.97 Å². The number of aliphatic hydroxyl groups excluding tert-OH is 1. The monoisotopic (exact) mass is 350 g/mol. The molecule has 0 heterocycles. The first-order valence-electron chi connectivity index (χ1n) is 9.69. The van der Waals surface area contributed by atoms with Gasteiger partial charge in [0.05, 0.1) is 13.2 Å². The molecule has 0 aliphatic heterocycles. The summed E-state index contributed by atoms with van der Waals surface area (Å²) in [7, 11) is 1.42. The topological polar surface area (TPSA) is 63.6 Å². The summed E-state index contributed by atoms with van der Waals surface area (Å²) in [6.07, 6.45) is 16.0. The van der Waals surface area contributed by atoms with Crippen LogP contribution in [0.25, 0.3) is 0 Å². The third kappa shape index (κ3) is 9.01. The molecular formula is C21H34O4. The average Bonchev–Trinajstić information content (AvgIpc) is 2.96. The zero-order valence-electron chi connectivity index (χ0n) is 15.8. The number of allylic oxidation sites excluding steroid dienone is 2. The van der Waals surface area contributed by atoms with Crippen molar-refractivity contribution in [3.05, 3.63) is 24.3 Å². The number of Topliss-reactive ketones (excluding diaryl/α,β-unsaturated/α-hetero) is 1. The molecule has 1 unspecified atom stereocenters. The zero-order chi connectivity index (χ0) is 18.5. The van der Waals surface area contributed by atoms with Gasteiger partial charge in [-0.2, -0.15) is 0 Å². The SMILES string of the molecule is CC/C=C\CC(O)/C=C/[C@H]1CCC(=O)[C@@H]1CCCCCCC(=O)OC. The van der Waals surface area contributed by atoms with Crippen molar-refractivity contribution in [2.75, 3.05) is 7.11 Å². The van der Waals surface area contributed by atoms with Gasteiger partial charge in [0, 0.05) is 18.8 Å². The Kier molecular flexibility index (Phi) is 11.1. The first kappa shape index (κ1) is 21.6. The summed E-state index contributed by atoms with van der Waals surface area (Å²) in [5.41, 5.74) is 0. The van der Waals surface area contributed by atoms with E-state index in [1.165, 1.54) is 7.11 Å². The lowest BCUT2D eigenvalue weighted by Crippen LogP contribution is -2.14. The Hall–Kier alpha value is -1.42. The van der Waals surface area contributed by atoms with Crippen molar-refractivity contribution >= 4 is 11.8 Å². The highest BCUT2D eigenvalue weighted by molar-refractivity contribution is 5.83. The molecule has 0 saturated heterocycles. The molecule has 1 aliphatic rings. The van der Waals surface area contributed by atoms with Crippen LogP contribution in [0.15, 0.2) is 24.3 Å². The predicted molar refractivity (Wildman–Crippen MR) is 100 cm³/mol. The Bertz CT molecular complexity index is 453. The van der Waals surface area contributed by atoms with Crippen LogP contribution in [0, 0.1) is 11.8 Å². The molecule has 1 fully saturated rings. The molecule has 0 radical (unpaired) electrons. The third-order valence-electron chi connectivity index (χ3n) is 4.89. The first-order chi connectivity index (χ1) is 12.1. The van der Waals surface area contributed by atoms with Crippen LogP contribution < -0.4 is 0 Å². The minimum absolute atomic E-state index is 0.107. The summed E-state index contributed by atoms with van der Waals surface area (Å²) in [6.45, 7) is 2.07. The first-order valence-corrected chi connectivity index (χ1v) is 9.69. The van der Waals surface area contributed by atoms with Crippen LogP contribution in [0.2, 0.25) is 0 Å². The lowest BCUT2D eigenvalue weighted by molar-refractivity contribution is -0.140. The summed E-state index contributed by atoms with van der Waals surface area (Å²) >= 11 is 0. The summed E-state index contributed by atoms with van der Waals surface area (Å²) in [4.78, 5) is 23.2. The Morgan fingerprint density at radius 3 is 2.76 bits per heavy atom. The molecule has 1 saturated carbocycles. The fourth-order valence-corrected chi connectivity index (χ4v) is 3.38. The van der Waals surface area contributed by atoms with E-state index in [1.807, 2.05) is 12.2 Å². The number of hydrogen-bond donors (Lipinski definition) is 1. The maximum Gasteiger partial charge on any atom is 0.305 e. The summed E-state index contributed by atoms with van der Waals surface area (Å²) in [5.74, 6) is 0.593. The van der Waals surface area contributed by atoms with E-state index in [4.69, 9.17) is 0 Å². The summed E-state index contributed by atoms with van der Waals surface area (Å²) in [6, 6.07) is 0. The van der Waals surface area contributed by atoms with Gasteiger partial charge in [-0.1, -0.05) is 50.5 Å². The van der Waals surface area contributed by atoms with Gasteiger partial charge in [-0.15, -0.1) is 0 Å². The molecule has 4 heteroatoms. The van der Waals surface area contributed by atoms with Crippen LogP contribution in [0.3, 0.4) is 0 Å². The van der Waals surface area contributed by atoms with Crippen LogP contribution in [0.1, 0.15) is 71.1 Å². The number of carbonyl (C=O) groups excluding carboxylic acids is 2. The Morgan fingerprint density at radius 1 is 1.28 bits per heavy atom. The number of unbranched alkanes of at least 4 members (excludes halogenated alkanes) is 3. The van der Waals surface area contributed by atoms with Crippen molar-refractivity contribution in [3.8, 4) is 0 Å².